The van der Waals surface area contributed by atoms with Crippen LogP contribution in [-0.4, -0.2) is 100 Å². The second-order valence-electron chi connectivity index (χ2n) is 10.0. The summed E-state index contributed by atoms with van der Waals surface area (Å²) < 4.78 is 7.94. The number of hydrogen-bond acceptors (Lipinski definition) is 9. The van der Waals surface area contributed by atoms with E-state index in [1.165, 1.54) is 7.11 Å². The number of piperazine rings is 1. The predicted octanol–water partition coefficient (Wildman–Crippen LogP) is 4.62. The number of thioether (sulfide) groups is 1. The molecule has 2 aliphatic heterocycles. The van der Waals surface area contributed by atoms with Crippen LogP contribution in [0.25, 0.3) is 5.69 Å². The van der Waals surface area contributed by atoms with Gasteiger partial charge in [0.1, 0.15) is 6.04 Å². The summed E-state index contributed by atoms with van der Waals surface area (Å²) in [6, 6.07) is 13.4. The van der Waals surface area contributed by atoms with Crippen LogP contribution in [0.2, 0.25) is 5.02 Å². The molecule has 0 radical (unpaired) electrons. The number of aliphatic imine (C=N–C) groups is 1. The minimum Gasteiger partial charge on any atom is -0.469 e. The summed E-state index contributed by atoms with van der Waals surface area (Å²) >= 11 is 12.0. The molecule has 12 heteroatoms. The van der Waals surface area contributed by atoms with Gasteiger partial charge in [0.05, 0.1) is 25.1 Å². The van der Waals surface area contributed by atoms with Crippen molar-refractivity contribution >= 4 is 51.0 Å². The van der Waals surface area contributed by atoms with Gasteiger partial charge in [0.2, 0.25) is 0 Å². The Balaban J connectivity index is 1.41. The van der Waals surface area contributed by atoms with E-state index in [0.29, 0.717) is 17.3 Å². The van der Waals surface area contributed by atoms with Gasteiger partial charge in [-0.1, -0.05) is 57.5 Å². The first-order chi connectivity index (χ1) is 20.0. The quantitative estimate of drug-likeness (QED) is 0.181. The van der Waals surface area contributed by atoms with E-state index in [4.69, 9.17) is 21.3 Å². The number of nitrogens with zero attached hydrogens (tertiary/aromatic N) is 6. The number of carbonyl (C=O) groups excluding carboxylic acids is 1. The monoisotopic (exact) mass is 660 g/mol. The van der Waals surface area contributed by atoms with E-state index in [0.717, 1.165) is 83.6 Å². The number of aliphatic hydroxyl groups is 1. The Morgan fingerprint density at radius 1 is 1.10 bits per heavy atom. The number of methoxy groups -OCH3 is 1. The smallest absolute Gasteiger partial charge is 0.305 e. The first-order valence-corrected chi connectivity index (χ1v) is 16.0. The molecule has 0 unspecified atom stereocenters. The normalized spacial score (nSPS) is 17.5. The fraction of sp³-hybridized carbons (Fsp3) is 0.448. The predicted molar refractivity (Wildman–Crippen MR) is 165 cm³/mol. The van der Waals surface area contributed by atoms with Crippen molar-refractivity contribution in [1.82, 2.24) is 24.6 Å². The topological polar surface area (TPSA) is 96.1 Å². The second-order valence-corrected chi connectivity index (χ2v) is 12.4. The highest BCUT2D eigenvalue weighted by Crippen LogP contribution is 2.37. The second kappa shape index (κ2) is 14.3. The van der Waals surface area contributed by atoms with Gasteiger partial charge in [-0.15, -0.1) is 10.2 Å². The van der Waals surface area contributed by atoms with Crippen LogP contribution in [0.1, 0.15) is 42.3 Å². The number of benzene rings is 2. The van der Waals surface area contributed by atoms with Crippen LogP contribution in [0.3, 0.4) is 0 Å². The molecule has 0 saturated carbocycles. The van der Waals surface area contributed by atoms with Crippen molar-refractivity contribution in [2.75, 3.05) is 58.7 Å². The van der Waals surface area contributed by atoms with Gasteiger partial charge < -0.3 is 14.7 Å². The number of aliphatic hydroxyl groups excluding tert-OH is 1. The average Bonchev–Trinajstić information content (AvgIpc) is 3.34. The SMILES string of the molecule is COC(=O)CC[C@@H]1N=C(c2ccccc2Cl)c2cc(Br)ccc2-n2c(SCCCN3CCN(CCO)CC3)nnc21. The Hall–Kier alpha value is -2.28. The number of esters is 1. The van der Waals surface area contributed by atoms with Crippen LogP contribution in [0.15, 0.2) is 57.1 Å². The van der Waals surface area contributed by atoms with Crippen LogP contribution in [-0.2, 0) is 9.53 Å². The summed E-state index contributed by atoms with van der Waals surface area (Å²) in [4.78, 5) is 22.1. The molecule has 0 spiro atoms. The third-order valence-corrected chi connectivity index (χ3v) is 9.24. The molecule has 3 aromatic rings. The lowest BCUT2D eigenvalue weighted by Crippen LogP contribution is -2.47. The van der Waals surface area contributed by atoms with E-state index >= 15 is 0 Å². The molecule has 9 nitrogen and oxygen atoms in total. The van der Waals surface area contributed by atoms with Crippen LogP contribution in [0.4, 0.5) is 0 Å². The fourth-order valence-corrected chi connectivity index (χ4v) is 6.70. The lowest BCUT2D eigenvalue weighted by atomic mass is 10.00. The number of fused-ring (bicyclic) bond motifs is 3. The molecular weight excluding hydrogens is 628 g/mol. The molecule has 218 valence electrons. The molecular formula is C29H34BrClN6O3S. The van der Waals surface area contributed by atoms with Gasteiger partial charge in [0.25, 0.3) is 0 Å². The molecule has 1 fully saturated rings. The summed E-state index contributed by atoms with van der Waals surface area (Å²) in [6.07, 6.45) is 1.66. The Morgan fingerprint density at radius 3 is 2.59 bits per heavy atom. The van der Waals surface area contributed by atoms with E-state index in [-0.39, 0.29) is 19.0 Å². The number of halogens is 2. The number of carbonyl (C=O) groups is 1. The molecule has 2 aromatic carbocycles. The molecule has 1 aromatic heterocycles. The van der Waals surface area contributed by atoms with E-state index in [1.807, 2.05) is 30.3 Å². The lowest BCUT2D eigenvalue weighted by Gasteiger charge is -2.34. The van der Waals surface area contributed by atoms with Gasteiger partial charge in [0.15, 0.2) is 11.0 Å². The third kappa shape index (κ3) is 7.21. The van der Waals surface area contributed by atoms with E-state index in [9.17, 15) is 9.90 Å². The molecule has 5 rings (SSSR count). The molecule has 3 heterocycles. The highest BCUT2D eigenvalue weighted by Gasteiger charge is 2.30. The van der Waals surface area contributed by atoms with Crippen LogP contribution < -0.4 is 0 Å². The number of rotatable bonds is 11. The molecule has 0 bridgehead atoms. The minimum atomic E-state index is -0.413. The fourth-order valence-electron chi connectivity index (χ4n) is 5.24. The van der Waals surface area contributed by atoms with Gasteiger partial charge >= 0.3 is 5.97 Å². The van der Waals surface area contributed by atoms with E-state index in [1.54, 1.807) is 11.8 Å². The molecule has 1 N–H and O–H groups in total. The van der Waals surface area contributed by atoms with Gasteiger partial charge in [-0.3, -0.25) is 19.3 Å². The lowest BCUT2D eigenvalue weighted by molar-refractivity contribution is -0.140. The van der Waals surface area contributed by atoms with Gasteiger partial charge in [0, 0.05) is 65.5 Å². The van der Waals surface area contributed by atoms with Crippen molar-refractivity contribution in [3.63, 3.8) is 0 Å². The Kier molecular flexibility index (Phi) is 10.5. The maximum Gasteiger partial charge on any atom is 0.305 e. The van der Waals surface area contributed by atoms with E-state index < -0.39 is 6.04 Å². The summed E-state index contributed by atoms with van der Waals surface area (Å²) in [5.41, 5.74) is 3.42. The molecule has 0 aliphatic carbocycles. The largest absolute Gasteiger partial charge is 0.469 e. The van der Waals surface area contributed by atoms with Crippen molar-refractivity contribution in [3.05, 3.63) is 68.9 Å². The summed E-state index contributed by atoms with van der Waals surface area (Å²) in [7, 11) is 1.40. The average molecular weight is 662 g/mol. The number of ether oxygens (including phenoxy) is 1. The van der Waals surface area contributed by atoms with Crippen molar-refractivity contribution in [2.24, 2.45) is 4.99 Å². The first kappa shape index (κ1) is 30.2. The maximum absolute atomic E-state index is 12.1. The van der Waals surface area contributed by atoms with Crippen LogP contribution in [0.5, 0.6) is 0 Å². The number of β-amino-alcohol motifs (C(OH)–C–C–N with tert-alkyl or cyclic N) is 1. The van der Waals surface area contributed by atoms with Gasteiger partial charge in [-0.05, 0) is 43.7 Å². The molecule has 1 atom stereocenters. The summed E-state index contributed by atoms with van der Waals surface area (Å²) in [5.74, 6) is 1.30. The number of hydrogen-bond donors (Lipinski definition) is 1. The molecule has 41 heavy (non-hydrogen) atoms. The van der Waals surface area contributed by atoms with E-state index in [2.05, 4.69) is 52.6 Å². The zero-order valence-electron chi connectivity index (χ0n) is 23.0. The standard InChI is InChI=1S/C29H34BrClN6O3S/c1-40-26(39)10-8-24-28-33-34-29(41-18-4-11-35-12-14-36(15-13-35)16-17-38)37(28)25-9-7-20(30)19-22(25)27(32-24)21-5-2-3-6-23(21)31/h2-3,5-7,9,19,24,38H,4,8,10-18H2,1H3/t24-/m0/s1. The zero-order valence-corrected chi connectivity index (χ0v) is 26.2. The number of aromatic nitrogens is 3. The van der Waals surface area contributed by atoms with Crippen LogP contribution >= 0.6 is 39.3 Å². The Morgan fingerprint density at radius 2 is 1.85 bits per heavy atom. The molecule has 0 amide bonds. The minimum absolute atomic E-state index is 0.210. The highest BCUT2D eigenvalue weighted by atomic mass is 79.9. The maximum atomic E-state index is 12.1. The van der Waals surface area contributed by atoms with Crippen molar-refractivity contribution in [1.29, 1.82) is 0 Å². The van der Waals surface area contributed by atoms with Gasteiger partial charge in [-0.2, -0.15) is 0 Å². The van der Waals surface area contributed by atoms with Gasteiger partial charge in [-0.25, -0.2) is 0 Å². The summed E-state index contributed by atoms with van der Waals surface area (Å²) in [5, 5.41) is 19.8. The van der Waals surface area contributed by atoms with Crippen molar-refractivity contribution in [2.45, 2.75) is 30.5 Å². The van der Waals surface area contributed by atoms with Crippen LogP contribution in [0, 0.1) is 0 Å². The Labute approximate surface area is 258 Å². The Bertz CT molecular complexity index is 1390. The van der Waals surface area contributed by atoms with Crippen molar-refractivity contribution < 1.29 is 14.6 Å². The summed E-state index contributed by atoms with van der Waals surface area (Å²) in [6.45, 7) is 6.04. The van der Waals surface area contributed by atoms with Crippen molar-refractivity contribution in [3.8, 4) is 5.69 Å². The molecule has 1 saturated heterocycles. The highest BCUT2D eigenvalue weighted by molar-refractivity contribution is 9.10. The first-order valence-electron chi connectivity index (χ1n) is 13.8. The molecule has 2 aliphatic rings. The third-order valence-electron chi connectivity index (χ3n) is 7.41. The zero-order chi connectivity index (χ0) is 28.8.